The molecule has 0 aliphatic carbocycles. The molecule has 2 heterocycles. The molecule has 1 saturated heterocycles. The summed E-state index contributed by atoms with van der Waals surface area (Å²) in [5, 5.41) is 9.35. The van der Waals surface area contributed by atoms with Crippen molar-refractivity contribution < 1.29 is 9.59 Å². The Labute approximate surface area is 136 Å². The lowest BCUT2D eigenvalue weighted by Gasteiger charge is -2.35. The van der Waals surface area contributed by atoms with Crippen molar-refractivity contribution in [3.8, 4) is 0 Å². The van der Waals surface area contributed by atoms with Crippen molar-refractivity contribution in [2.45, 2.75) is 32.2 Å². The number of piperidine rings is 1. The summed E-state index contributed by atoms with van der Waals surface area (Å²) in [6, 6.07) is 7.85. The van der Waals surface area contributed by atoms with Gasteiger partial charge in [0.15, 0.2) is 5.78 Å². The second-order valence-electron chi connectivity index (χ2n) is 6.49. The second kappa shape index (κ2) is 6.54. The highest BCUT2D eigenvalue weighted by molar-refractivity contribution is 6.24. The van der Waals surface area contributed by atoms with E-state index in [4.69, 9.17) is 0 Å². The van der Waals surface area contributed by atoms with Crippen LogP contribution in [0.4, 0.5) is 5.69 Å². The molecule has 0 radical (unpaired) electrons. The van der Waals surface area contributed by atoms with Crippen LogP contribution in [0.15, 0.2) is 36.0 Å². The fraction of sp³-hybridized carbons (Fsp3) is 0.444. The first-order valence-electron chi connectivity index (χ1n) is 8.19. The van der Waals surface area contributed by atoms with E-state index in [9.17, 15) is 9.59 Å². The average Bonchev–Trinajstić information content (AvgIpc) is 2.55. The van der Waals surface area contributed by atoms with Crippen LogP contribution in [0, 0.1) is 5.92 Å². The molecule has 5 nitrogen and oxygen atoms in total. The zero-order valence-corrected chi connectivity index (χ0v) is 13.6. The summed E-state index contributed by atoms with van der Waals surface area (Å²) in [6.07, 6.45) is 2.49. The van der Waals surface area contributed by atoms with Gasteiger partial charge in [-0.2, -0.15) is 0 Å². The van der Waals surface area contributed by atoms with Gasteiger partial charge in [-0.1, -0.05) is 32.0 Å². The van der Waals surface area contributed by atoms with Gasteiger partial charge < -0.3 is 16.0 Å². The fourth-order valence-corrected chi connectivity index (χ4v) is 3.28. The van der Waals surface area contributed by atoms with E-state index in [1.165, 1.54) is 0 Å². The Morgan fingerprint density at radius 3 is 2.87 bits per heavy atom. The van der Waals surface area contributed by atoms with E-state index in [1.54, 1.807) is 6.20 Å². The third-order valence-electron chi connectivity index (χ3n) is 4.60. The smallest absolute Gasteiger partial charge is 0.260 e. The molecule has 2 aliphatic rings. The van der Waals surface area contributed by atoms with E-state index in [1.807, 2.05) is 24.3 Å². The van der Waals surface area contributed by atoms with E-state index < -0.39 is 0 Å². The second-order valence-corrected chi connectivity index (χ2v) is 6.49. The molecular formula is C18H23N3O2. The maximum absolute atomic E-state index is 12.6. The number of hydrogen-bond donors (Lipinski definition) is 3. The van der Waals surface area contributed by atoms with Crippen LogP contribution in [0.1, 0.15) is 31.7 Å². The minimum absolute atomic E-state index is 0.0690. The summed E-state index contributed by atoms with van der Waals surface area (Å²) in [6.45, 7) is 5.69. The van der Waals surface area contributed by atoms with Crippen LogP contribution < -0.4 is 16.0 Å². The highest BCUT2D eigenvalue weighted by atomic mass is 16.2. The molecule has 2 atom stereocenters. The normalized spacial score (nSPS) is 23.8. The molecule has 23 heavy (non-hydrogen) atoms. The first-order valence-corrected chi connectivity index (χ1v) is 8.19. The van der Waals surface area contributed by atoms with E-state index in [0.717, 1.165) is 24.2 Å². The Bertz CT molecular complexity index is 651. The number of Topliss-reactive ketones (excluding diaryl/α,β-unsaturated/α-hetero) is 1. The summed E-state index contributed by atoms with van der Waals surface area (Å²) < 4.78 is 0. The topological polar surface area (TPSA) is 70.2 Å². The van der Waals surface area contributed by atoms with Gasteiger partial charge in [-0.05, 0) is 30.5 Å². The maximum atomic E-state index is 12.6. The minimum atomic E-state index is -0.334. The van der Waals surface area contributed by atoms with Gasteiger partial charge >= 0.3 is 0 Å². The van der Waals surface area contributed by atoms with Gasteiger partial charge in [0.1, 0.15) is 0 Å². The molecule has 5 heteroatoms. The highest BCUT2D eigenvalue weighted by Gasteiger charge is 2.37. The van der Waals surface area contributed by atoms with Gasteiger partial charge in [0, 0.05) is 24.5 Å². The molecule has 2 unspecified atom stereocenters. The van der Waals surface area contributed by atoms with Crippen molar-refractivity contribution in [2.24, 2.45) is 5.92 Å². The van der Waals surface area contributed by atoms with Gasteiger partial charge in [0.05, 0.1) is 11.5 Å². The van der Waals surface area contributed by atoms with Crippen LogP contribution >= 0.6 is 0 Å². The molecule has 0 saturated carbocycles. The molecule has 122 valence electrons. The maximum Gasteiger partial charge on any atom is 0.260 e. The largest absolute Gasteiger partial charge is 0.387 e. The standard InChI is InChI=1S/C18H23N3O2/c1-11(2)12-5-3-4-6-16(12)21-18(23)14-10-20-15-7-8-19-9-13(15)17(14)22/h3-6,10-11,13,15,19-20H,7-9H2,1-2H3,(H,21,23). The summed E-state index contributed by atoms with van der Waals surface area (Å²) in [4.78, 5) is 25.2. The lowest BCUT2D eigenvalue weighted by molar-refractivity contribution is -0.124. The Hall–Kier alpha value is -2.14. The van der Waals surface area contributed by atoms with Crippen molar-refractivity contribution >= 4 is 17.4 Å². The van der Waals surface area contributed by atoms with E-state index in [-0.39, 0.29) is 29.2 Å². The Balaban J connectivity index is 1.79. The van der Waals surface area contributed by atoms with Crippen LogP contribution in [-0.4, -0.2) is 30.8 Å². The van der Waals surface area contributed by atoms with Crippen LogP contribution in [0.5, 0.6) is 0 Å². The first kappa shape index (κ1) is 15.7. The number of rotatable bonds is 3. The number of ketones is 1. The lowest BCUT2D eigenvalue weighted by Crippen LogP contribution is -2.53. The summed E-state index contributed by atoms with van der Waals surface area (Å²) >= 11 is 0. The molecule has 1 amide bonds. The predicted octanol–water partition coefficient (Wildman–Crippen LogP) is 1.78. The first-order chi connectivity index (χ1) is 11.1. The molecule has 3 N–H and O–H groups in total. The van der Waals surface area contributed by atoms with Crippen molar-refractivity contribution in [1.29, 1.82) is 0 Å². The highest BCUT2D eigenvalue weighted by Crippen LogP contribution is 2.26. The molecule has 3 rings (SSSR count). The molecule has 0 bridgehead atoms. The van der Waals surface area contributed by atoms with Crippen molar-refractivity contribution in [2.75, 3.05) is 18.4 Å². The Morgan fingerprint density at radius 1 is 1.30 bits per heavy atom. The fourth-order valence-electron chi connectivity index (χ4n) is 3.28. The number of hydrogen-bond acceptors (Lipinski definition) is 4. The number of carbonyl (C=O) groups excluding carboxylic acids is 2. The van der Waals surface area contributed by atoms with E-state index >= 15 is 0 Å². The van der Waals surface area contributed by atoms with Crippen molar-refractivity contribution in [3.63, 3.8) is 0 Å². The predicted molar refractivity (Wildman–Crippen MR) is 90.2 cm³/mol. The lowest BCUT2D eigenvalue weighted by atomic mass is 9.84. The molecular weight excluding hydrogens is 290 g/mol. The third-order valence-corrected chi connectivity index (χ3v) is 4.60. The van der Waals surface area contributed by atoms with Crippen LogP contribution in [0.3, 0.4) is 0 Å². The third kappa shape index (κ3) is 3.15. The molecule has 0 aromatic heterocycles. The van der Waals surface area contributed by atoms with Crippen LogP contribution in [-0.2, 0) is 9.59 Å². The van der Waals surface area contributed by atoms with Crippen molar-refractivity contribution in [3.05, 3.63) is 41.6 Å². The minimum Gasteiger partial charge on any atom is -0.387 e. The Kier molecular flexibility index (Phi) is 4.48. The van der Waals surface area contributed by atoms with Gasteiger partial charge in [-0.15, -0.1) is 0 Å². The summed E-state index contributed by atoms with van der Waals surface area (Å²) in [7, 11) is 0. The molecule has 2 aliphatic heterocycles. The Morgan fingerprint density at radius 2 is 2.09 bits per heavy atom. The average molecular weight is 313 g/mol. The quantitative estimate of drug-likeness (QED) is 0.744. The van der Waals surface area contributed by atoms with Crippen molar-refractivity contribution in [1.82, 2.24) is 10.6 Å². The van der Waals surface area contributed by atoms with E-state index in [0.29, 0.717) is 12.5 Å². The molecule has 1 fully saturated rings. The van der Waals surface area contributed by atoms with Gasteiger partial charge in [-0.25, -0.2) is 0 Å². The SMILES string of the molecule is CC(C)c1ccccc1NC(=O)C1=CNC2CCNCC2C1=O. The number of nitrogens with one attached hydrogen (secondary N) is 3. The molecule has 0 spiro atoms. The monoisotopic (exact) mass is 313 g/mol. The molecule has 1 aromatic rings. The molecule has 1 aromatic carbocycles. The number of para-hydroxylation sites is 1. The van der Waals surface area contributed by atoms with Crippen LogP contribution in [0.25, 0.3) is 0 Å². The van der Waals surface area contributed by atoms with Crippen LogP contribution in [0.2, 0.25) is 0 Å². The van der Waals surface area contributed by atoms with E-state index in [2.05, 4.69) is 29.8 Å². The van der Waals surface area contributed by atoms with Gasteiger partial charge in [-0.3, -0.25) is 9.59 Å². The van der Waals surface area contributed by atoms with Gasteiger partial charge in [0.2, 0.25) is 0 Å². The summed E-state index contributed by atoms with van der Waals surface area (Å²) in [5.41, 5.74) is 2.05. The number of anilines is 1. The zero-order chi connectivity index (χ0) is 16.4. The number of carbonyl (C=O) groups is 2. The summed E-state index contributed by atoms with van der Waals surface area (Å²) in [5.74, 6) is -0.262. The van der Waals surface area contributed by atoms with Gasteiger partial charge in [0.25, 0.3) is 5.91 Å². The zero-order valence-electron chi connectivity index (χ0n) is 13.6. The number of benzene rings is 1. The number of amides is 1. The number of fused-ring (bicyclic) bond motifs is 1.